The Morgan fingerprint density at radius 2 is 2.09 bits per heavy atom. The third kappa shape index (κ3) is 2.27. The number of hydrogen-bond donors (Lipinski definition) is 1. The van der Waals surface area contributed by atoms with Gasteiger partial charge in [0.15, 0.2) is 0 Å². The number of thiophene rings is 1. The van der Waals surface area contributed by atoms with Crippen LogP contribution in [0.5, 0.6) is 0 Å². The van der Waals surface area contributed by atoms with E-state index in [1.807, 2.05) is 11.9 Å². The minimum absolute atomic E-state index is 0.172. The zero-order valence-electron chi connectivity index (χ0n) is 12.8. The Morgan fingerprint density at radius 1 is 1.27 bits per heavy atom. The number of nitrogens with zero attached hydrogens (tertiary/aromatic N) is 1. The molecule has 2 aromatic rings. The van der Waals surface area contributed by atoms with Crippen molar-refractivity contribution in [3.8, 4) is 10.4 Å². The van der Waals surface area contributed by atoms with E-state index in [1.54, 1.807) is 11.3 Å². The molecule has 1 aromatic carbocycles. The molecule has 1 atom stereocenters. The largest absolute Gasteiger partial charge is 0.337 e. The van der Waals surface area contributed by atoms with Gasteiger partial charge in [-0.05, 0) is 48.6 Å². The number of likely N-dealkylation sites (N-methyl/N-ethyl adjacent to an activating group) is 1. The lowest BCUT2D eigenvalue weighted by Crippen LogP contribution is -2.37. The molecule has 1 unspecified atom stereocenters. The summed E-state index contributed by atoms with van der Waals surface area (Å²) in [6.45, 7) is 1.92. The van der Waals surface area contributed by atoms with Crippen LogP contribution in [0.3, 0.4) is 0 Å². The SMILES string of the molecule is CN(C(=O)c1cc2c(s1)-c1ccccc1CC2)C1CCNC1. The van der Waals surface area contributed by atoms with Crippen LogP contribution in [0.4, 0.5) is 0 Å². The second-order valence-corrected chi connectivity index (χ2v) is 7.24. The highest BCUT2D eigenvalue weighted by Crippen LogP contribution is 2.39. The summed E-state index contributed by atoms with van der Waals surface area (Å²) in [6.07, 6.45) is 3.18. The van der Waals surface area contributed by atoms with Crippen LogP contribution in [0.1, 0.15) is 27.2 Å². The van der Waals surface area contributed by atoms with Crippen LogP contribution in [-0.4, -0.2) is 37.0 Å². The lowest BCUT2D eigenvalue weighted by molar-refractivity contribution is 0.0748. The van der Waals surface area contributed by atoms with Crippen LogP contribution in [0.15, 0.2) is 30.3 Å². The maximum absolute atomic E-state index is 12.8. The Bertz CT molecular complexity index is 716. The molecule has 4 rings (SSSR count). The van der Waals surface area contributed by atoms with Crippen molar-refractivity contribution in [2.24, 2.45) is 0 Å². The summed E-state index contributed by atoms with van der Waals surface area (Å²) in [5.41, 5.74) is 4.06. The number of aryl methyl sites for hydroxylation is 2. The molecule has 2 heterocycles. The van der Waals surface area contributed by atoms with Gasteiger partial charge in [0.2, 0.25) is 0 Å². The van der Waals surface area contributed by atoms with Crippen LogP contribution < -0.4 is 5.32 Å². The summed E-state index contributed by atoms with van der Waals surface area (Å²) in [5, 5.41) is 3.33. The van der Waals surface area contributed by atoms with Gasteiger partial charge >= 0.3 is 0 Å². The Labute approximate surface area is 135 Å². The molecular formula is C18H20N2OS. The molecule has 1 saturated heterocycles. The standard InChI is InChI=1S/C18H20N2OS/c1-20(14-8-9-19-11-14)18(21)16-10-13-7-6-12-4-2-3-5-15(12)17(13)22-16/h2-5,10,14,19H,6-9,11H2,1H3. The summed E-state index contributed by atoms with van der Waals surface area (Å²) in [6, 6.07) is 11.0. The first kappa shape index (κ1) is 14.0. The monoisotopic (exact) mass is 312 g/mol. The zero-order valence-corrected chi connectivity index (χ0v) is 13.6. The number of hydrogen-bond acceptors (Lipinski definition) is 3. The molecule has 22 heavy (non-hydrogen) atoms. The minimum Gasteiger partial charge on any atom is -0.337 e. The van der Waals surface area contributed by atoms with Crippen molar-refractivity contribution in [1.82, 2.24) is 10.2 Å². The third-order valence-corrected chi connectivity index (χ3v) is 6.05. The predicted octanol–water partition coefficient (Wildman–Crippen LogP) is 2.95. The Hall–Kier alpha value is -1.65. The van der Waals surface area contributed by atoms with Crippen LogP contribution >= 0.6 is 11.3 Å². The molecule has 1 aromatic heterocycles. The van der Waals surface area contributed by atoms with E-state index in [0.29, 0.717) is 6.04 Å². The molecule has 2 aliphatic rings. The van der Waals surface area contributed by atoms with E-state index in [1.165, 1.54) is 21.6 Å². The molecule has 1 fully saturated rings. The summed E-state index contributed by atoms with van der Waals surface area (Å²) >= 11 is 1.66. The van der Waals surface area contributed by atoms with Crippen molar-refractivity contribution < 1.29 is 4.79 Å². The van der Waals surface area contributed by atoms with E-state index in [4.69, 9.17) is 0 Å². The summed E-state index contributed by atoms with van der Waals surface area (Å²) in [4.78, 5) is 16.9. The van der Waals surface area contributed by atoms with Gasteiger partial charge in [-0.1, -0.05) is 24.3 Å². The van der Waals surface area contributed by atoms with E-state index in [9.17, 15) is 4.79 Å². The number of carbonyl (C=O) groups is 1. The molecular weight excluding hydrogens is 292 g/mol. The lowest BCUT2D eigenvalue weighted by Gasteiger charge is -2.23. The predicted molar refractivity (Wildman–Crippen MR) is 90.5 cm³/mol. The minimum atomic E-state index is 0.172. The average molecular weight is 312 g/mol. The molecule has 1 aliphatic carbocycles. The topological polar surface area (TPSA) is 32.3 Å². The zero-order chi connectivity index (χ0) is 15.1. The first-order valence-electron chi connectivity index (χ1n) is 7.93. The number of rotatable bonds is 2. The van der Waals surface area contributed by atoms with Gasteiger partial charge in [-0.15, -0.1) is 11.3 Å². The van der Waals surface area contributed by atoms with E-state index < -0.39 is 0 Å². The number of carbonyl (C=O) groups excluding carboxylic acids is 1. The smallest absolute Gasteiger partial charge is 0.263 e. The third-order valence-electron chi connectivity index (χ3n) is 4.85. The summed E-state index contributed by atoms with van der Waals surface area (Å²) < 4.78 is 0. The van der Waals surface area contributed by atoms with Gasteiger partial charge in [0.25, 0.3) is 5.91 Å². The number of fused-ring (bicyclic) bond motifs is 3. The van der Waals surface area contributed by atoms with Crippen LogP contribution in [-0.2, 0) is 12.8 Å². The van der Waals surface area contributed by atoms with Gasteiger partial charge in [-0.3, -0.25) is 4.79 Å². The van der Waals surface area contributed by atoms with Crippen molar-refractivity contribution in [2.45, 2.75) is 25.3 Å². The first-order chi connectivity index (χ1) is 10.7. The van der Waals surface area contributed by atoms with Gasteiger partial charge in [-0.25, -0.2) is 0 Å². The van der Waals surface area contributed by atoms with Gasteiger partial charge in [-0.2, -0.15) is 0 Å². The Kier molecular flexibility index (Phi) is 3.51. The van der Waals surface area contributed by atoms with Gasteiger partial charge in [0.05, 0.1) is 4.88 Å². The normalized spacial score (nSPS) is 19.6. The van der Waals surface area contributed by atoms with Crippen molar-refractivity contribution in [3.63, 3.8) is 0 Å². The van der Waals surface area contributed by atoms with Crippen molar-refractivity contribution in [2.75, 3.05) is 20.1 Å². The molecule has 3 nitrogen and oxygen atoms in total. The molecule has 1 amide bonds. The van der Waals surface area contributed by atoms with Crippen LogP contribution in [0, 0.1) is 0 Å². The molecule has 1 aliphatic heterocycles. The Balaban J connectivity index is 1.65. The average Bonchev–Trinajstić information content (AvgIpc) is 3.22. The second kappa shape index (κ2) is 5.52. The number of nitrogens with one attached hydrogen (secondary N) is 1. The van der Waals surface area contributed by atoms with Crippen LogP contribution in [0.25, 0.3) is 10.4 Å². The van der Waals surface area contributed by atoms with Gasteiger partial charge < -0.3 is 10.2 Å². The molecule has 4 heteroatoms. The molecule has 0 radical (unpaired) electrons. The highest BCUT2D eigenvalue weighted by Gasteiger charge is 2.27. The highest BCUT2D eigenvalue weighted by atomic mass is 32.1. The molecule has 1 N–H and O–H groups in total. The summed E-state index contributed by atoms with van der Waals surface area (Å²) in [5.74, 6) is 0.172. The van der Waals surface area contributed by atoms with E-state index in [2.05, 4.69) is 35.6 Å². The van der Waals surface area contributed by atoms with E-state index in [-0.39, 0.29) is 5.91 Å². The fourth-order valence-corrected chi connectivity index (χ4v) is 4.74. The quantitative estimate of drug-likeness (QED) is 0.925. The maximum Gasteiger partial charge on any atom is 0.263 e. The van der Waals surface area contributed by atoms with Crippen molar-refractivity contribution >= 4 is 17.2 Å². The molecule has 114 valence electrons. The molecule has 0 bridgehead atoms. The van der Waals surface area contributed by atoms with Crippen molar-refractivity contribution in [3.05, 3.63) is 46.3 Å². The fourth-order valence-electron chi connectivity index (χ4n) is 3.49. The first-order valence-corrected chi connectivity index (χ1v) is 8.74. The second-order valence-electron chi connectivity index (χ2n) is 6.18. The highest BCUT2D eigenvalue weighted by molar-refractivity contribution is 7.17. The maximum atomic E-state index is 12.8. The van der Waals surface area contributed by atoms with E-state index >= 15 is 0 Å². The summed E-state index contributed by atoms with van der Waals surface area (Å²) in [7, 11) is 1.94. The molecule has 0 saturated carbocycles. The lowest BCUT2D eigenvalue weighted by atomic mass is 9.91. The number of benzene rings is 1. The van der Waals surface area contributed by atoms with Gasteiger partial charge in [0.1, 0.15) is 0 Å². The van der Waals surface area contributed by atoms with Gasteiger partial charge in [0, 0.05) is 24.5 Å². The molecule has 0 spiro atoms. The number of amides is 1. The Morgan fingerprint density at radius 3 is 2.91 bits per heavy atom. The van der Waals surface area contributed by atoms with Crippen LogP contribution in [0.2, 0.25) is 0 Å². The van der Waals surface area contributed by atoms with Crippen molar-refractivity contribution in [1.29, 1.82) is 0 Å². The fraction of sp³-hybridized carbons (Fsp3) is 0.389. The van der Waals surface area contributed by atoms with E-state index in [0.717, 1.165) is 37.2 Å².